The summed E-state index contributed by atoms with van der Waals surface area (Å²) in [7, 11) is 0. The van der Waals surface area contributed by atoms with E-state index in [4.69, 9.17) is 16.8 Å². The number of carboxylic acid groups (broad SMARTS) is 1. The fraction of sp³-hybridized carbons (Fsp3) is 0.800. The van der Waals surface area contributed by atoms with Crippen LogP contribution in [0.25, 0.3) is 0 Å². The standard InChI is InChI=1S/C10H17ClN2O3/c1-9(2,3)10(7(11)12-16)5-4-6-13(10)8(14)15/h16H,4-6H2,1-3H3,(H,14,15). The molecule has 0 bridgehead atoms. The van der Waals surface area contributed by atoms with Crippen molar-refractivity contribution in [3.8, 4) is 0 Å². The number of oxime groups is 1. The van der Waals surface area contributed by atoms with Crippen molar-refractivity contribution in [2.75, 3.05) is 6.54 Å². The molecule has 92 valence electrons. The van der Waals surface area contributed by atoms with E-state index in [0.29, 0.717) is 13.0 Å². The average molecular weight is 249 g/mol. The quantitative estimate of drug-likeness (QED) is 0.426. The zero-order valence-electron chi connectivity index (χ0n) is 9.70. The molecule has 1 heterocycles. The molecular weight excluding hydrogens is 232 g/mol. The molecule has 1 saturated heterocycles. The van der Waals surface area contributed by atoms with Gasteiger partial charge in [0.15, 0.2) is 5.17 Å². The Bertz CT molecular complexity index is 325. The Labute approximate surface area is 99.7 Å². The second kappa shape index (κ2) is 4.13. The number of rotatable bonds is 1. The maximum Gasteiger partial charge on any atom is 0.408 e. The van der Waals surface area contributed by atoms with Crippen LogP contribution in [0.3, 0.4) is 0 Å². The van der Waals surface area contributed by atoms with E-state index in [0.717, 1.165) is 6.42 Å². The van der Waals surface area contributed by atoms with Crippen LogP contribution in [0.5, 0.6) is 0 Å². The predicted molar refractivity (Wildman–Crippen MR) is 61.2 cm³/mol. The maximum atomic E-state index is 11.2. The molecule has 6 heteroatoms. The average Bonchev–Trinajstić information content (AvgIpc) is 2.60. The van der Waals surface area contributed by atoms with E-state index in [2.05, 4.69) is 5.16 Å². The summed E-state index contributed by atoms with van der Waals surface area (Å²) in [6, 6.07) is 0. The van der Waals surface area contributed by atoms with Crippen LogP contribution in [0.4, 0.5) is 4.79 Å². The fourth-order valence-corrected chi connectivity index (χ4v) is 2.94. The van der Waals surface area contributed by atoms with Crippen LogP contribution in [0, 0.1) is 5.41 Å². The fourth-order valence-electron chi connectivity index (χ4n) is 2.46. The van der Waals surface area contributed by atoms with Crippen molar-refractivity contribution in [3.63, 3.8) is 0 Å². The second-order valence-electron chi connectivity index (χ2n) is 5.04. The van der Waals surface area contributed by atoms with Gasteiger partial charge in [0.25, 0.3) is 0 Å². The number of carbonyl (C=O) groups is 1. The lowest BCUT2D eigenvalue weighted by Crippen LogP contribution is -2.59. The number of likely N-dealkylation sites (tertiary alicyclic amines) is 1. The second-order valence-corrected chi connectivity index (χ2v) is 5.40. The first kappa shape index (κ1) is 13.1. The molecule has 1 unspecified atom stereocenters. The van der Waals surface area contributed by atoms with Gasteiger partial charge in [-0.05, 0) is 18.3 Å². The third kappa shape index (κ3) is 1.73. The van der Waals surface area contributed by atoms with Crippen molar-refractivity contribution in [2.45, 2.75) is 39.2 Å². The zero-order valence-corrected chi connectivity index (χ0v) is 10.5. The van der Waals surface area contributed by atoms with Crippen LogP contribution in [-0.4, -0.2) is 38.6 Å². The van der Waals surface area contributed by atoms with Crippen LogP contribution < -0.4 is 0 Å². The van der Waals surface area contributed by atoms with Gasteiger partial charge in [-0.25, -0.2) is 4.79 Å². The van der Waals surface area contributed by atoms with Crippen LogP contribution in [0.1, 0.15) is 33.6 Å². The van der Waals surface area contributed by atoms with Gasteiger partial charge in [0, 0.05) is 6.54 Å². The molecule has 0 aromatic heterocycles. The van der Waals surface area contributed by atoms with Crippen LogP contribution in [-0.2, 0) is 0 Å². The third-order valence-electron chi connectivity index (χ3n) is 3.28. The number of amides is 1. The Hall–Kier alpha value is -0.970. The van der Waals surface area contributed by atoms with Gasteiger partial charge in [-0.1, -0.05) is 37.5 Å². The van der Waals surface area contributed by atoms with E-state index in [1.807, 2.05) is 20.8 Å². The largest absolute Gasteiger partial charge is 0.465 e. The smallest absolute Gasteiger partial charge is 0.408 e. The monoisotopic (exact) mass is 248 g/mol. The SMILES string of the molecule is CC(C)(C)C1(C(Cl)=NO)CCCN1C(=O)O. The van der Waals surface area contributed by atoms with Crippen molar-refractivity contribution in [2.24, 2.45) is 10.6 Å². The Kier molecular flexibility index (Phi) is 3.38. The molecule has 0 saturated carbocycles. The van der Waals surface area contributed by atoms with Crippen molar-refractivity contribution in [1.82, 2.24) is 4.90 Å². The molecule has 1 aliphatic heterocycles. The molecule has 1 aliphatic rings. The summed E-state index contributed by atoms with van der Waals surface area (Å²) >= 11 is 5.95. The van der Waals surface area contributed by atoms with Crippen molar-refractivity contribution in [3.05, 3.63) is 0 Å². The Morgan fingerprint density at radius 1 is 1.50 bits per heavy atom. The summed E-state index contributed by atoms with van der Waals surface area (Å²) in [6.07, 6.45) is 0.260. The van der Waals surface area contributed by atoms with Crippen molar-refractivity contribution in [1.29, 1.82) is 0 Å². The number of halogens is 1. The van der Waals surface area contributed by atoms with Crippen molar-refractivity contribution >= 4 is 22.9 Å². The summed E-state index contributed by atoms with van der Waals surface area (Å²) in [5.74, 6) is 0. The highest BCUT2D eigenvalue weighted by Gasteiger charge is 2.55. The highest BCUT2D eigenvalue weighted by Crippen LogP contribution is 2.45. The van der Waals surface area contributed by atoms with Gasteiger partial charge in [-0.15, -0.1) is 0 Å². The van der Waals surface area contributed by atoms with E-state index in [1.54, 1.807) is 0 Å². The highest BCUT2D eigenvalue weighted by molar-refractivity contribution is 6.67. The highest BCUT2D eigenvalue weighted by atomic mass is 35.5. The normalized spacial score (nSPS) is 27.2. The Morgan fingerprint density at radius 3 is 2.44 bits per heavy atom. The molecule has 2 N–H and O–H groups in total. The summed E-state index contributed by atoms with van der Waals surface area (Å²) in [4.78, 5) is 12.5. The van der Waals surface area contributed by atoms with Gasteiger partial charge in [-0.3, -0.25) is 4.90 Å². The molecule has 0 aliphatic carbocycles. The Morgan fingerprint density at radius 2 is 2.06 bits per heavy atom. The minimum atomic E-state index is -1.03. The number of hydrogen-bond donors (Lipinski definition) is 2. The summed E-state index contributed by atoms with van der Waals surface area (Å²) in [6.45, 7) is 6.09. The molecule has 1 atom stereocenters. The molecule has 0 aromatic rings. The first-order valence-corrected chi connectivity index (χ1v) is 5.54. The zero-order chi connectivity index (χ0) is 12.6. The lowest BCUT2D eigenvalue weighted by Gasteiger charge is -2.45. The van der Waals surface area contributed by atoms with E-state index in [-0.39, 0.29) is 5.17 Å². The molecule has 0 spiro atoms. The van der Waals surface area contributed by atoms with Gasteiger partial charge in [0.1, 0.15) is 5.54 Å². The molecule has 1 rings (SSSR count). The predicted octanol–water partition coefficient (Wildman–Crippen LogP) is 2.57. The van der Waals surface area contributed by atoms with Gasteiger partial charge in [0.05, 0.1) is 0 Å². The van der Waals surface area contributed by atoms with E-state index in [1.165, 1.54) is 4.90 Å². The maximum absolute atomic E-state index is 11.2. The van der Waals surface area contributed by atoms with E-state index < -0.39 is 17.0 Å². The third-order valence-corrected chi connectivity index (χ3v) is 3.67. The molecular formula is C10H17ClN2O3. The lowest BCUT2D eigenvalue weighted by molar-refractivity contribution is 0.0758. The molecule has 0 aromatic carbocycles. The van der Waals surface area contributed by atoms with E-state index >= 15 is 0 Å². The number of hydrogen-bond acceptors (Lipinski definition) is 3. The van der Waals surface area contributed by atoms with Crippen molar-refractivity contribution < 1.29 is 15.1 Å². The molecule has 1 fully saturated rings. The van der Waals surface area contributed by atoms with E-state index in [9.17, 15) is 9.90 Å². The molecule has 1 amide bonds. The van der Waals surface area contributed by atoms with Gasteiger partial charge in [-0.2, -0.15) is 0 Å². The molecule has 5 nitrogen and oxygen atoms in total. The van der Waals surface area contributed by atoms with Gasteiger partial charge >= 0.3 is 6.09 Å². The topological polar surface area (TPSA) is 73.1 Å². The molecule has 16 heavy (non-hydrogen) atoms. The lowest BCUT2D eigenvalue weighted by atomic mass is 9.72. The van der Waals surface area contributed by atoms with Crippen LogP contribution in [0.15, 0.2) is 5.16 Å². The first-order chi connectivity index (χ1) is 7.27. The summed E-state index contributed by atoms with van der Waals surface area (Å²) < 4.78 is 0. The minimum absolute atomic E-state index is 0.0556. The molecule has 0 radical (unpaired) electrons. The summed E-state index contributed by atoms with van der Waals surface area (Å²) in [5.41, 5.74) is -1.35. The Balaban J connectivity index is 3.30. The first-order valence-electron chi connectivity index (χ1n) is 5.16. The van der Waals surface area contributed by atoms with Crippen LogP contribution in [0.2, 0.25) is 0 Å². The minimum Gasteiger partial charge on any atom is -0.465 e. The van der Waals surface area contributed by atoms with Gasteiger partial charge in [0.2, 0.25) is 0 Å². The summed E-state index contributed by atoms with van der Waals surface area (Å²) in [5, 5.41) is 21.0. The van der Waals surface area contributed by atoms with Gasteiger partial charge < -0.3 is 10.3 Å². The number of nitrogens with zero attached hydrogens (tertiary/aromatic N) is 2. The van der Waals surface area contributed by atoms with Crippen LogP contribution >= 0.6 is 11.6 Å².